The Morgan fingerprint density at radius 2 is 2.10 bits per heavy atom. The van der Waals surface area contributed by atoms with E-state index in [-0.39, 0.29) is 23.3 Å². The van der Waals surface area contributed by atoms with Crippen molar-refractivity contribution in [1.29, 1.82) is 0 Å². The summed E-state index contributed by atoms with van der Waals surface area (Å²) in [6.07, 6.45) is 0.290. The quantitative estimate of drug-likeness (QED) is 0.813. The van der Waals surface area contributed by atoms with Gasteiger partial charge < -0.3 is 10.0 Å². The van der Waals surface area contributed by atoms with Crippen molar-refractivity contribution >= 4 is 15.9 Å². The van der Waals surface area contributed by atoms with Crippen LogP contribution in [0.4, 0.5) is 0 Å². The number of aliphatic hydroxyl groups excluding tert-OH is 1. The van der Waals surface area contributed by atoms with Gasteiger partial charge in [-0.05, 0) is 25.5 Å². The number of carbonyl (C=O) groups is 1. The summed E-state index contributed by atoms with van der Waals surface area (Å²) >= 11 is 0. The number of amides is 1. The van der Waals surface area contributed by atoms with Gasteiger partial charge in [0.05, 0.1) is 17.5 Å². The second-order valence-electron chi connectivity index (χ2n) is 5.27. The summed E-state index contributed by atoms with van der Waals surface area (Å²) in [6, 6.07) is 7.94. The Balaban J connectivity index is 1.90. The molecule has 7 heteroatoms. The predicted molar refractivity (Wildman–Crippen MR) is 78.0 cm³/mol. The van der Waals surface area contributed by atoms with Crippen molar-refractivity contribution in [3.05, 3.63) is 30.3 Å². The summed E-state index contributed by atoms with van der Waals surface area (Å²) in [6.45, 7) is 2.48. The highest BCUT2D eigenvalue weighted by Crippen LogP contribution is 2.19. The van der Waals surface area contributed by atoms with Gasteiger partial charge in [0.15, 0.2) is 0 Å². The second kappa shape index (κ2) is 6.55. The highest BCUT2D eigenvalue weighted by atomic mass is 32.2. The summed E-state index contributed by atoms with van der Waals surface area (Å²) in [7, 11) is -3.66. The van der Waals surface area contributed by atoms with Crippen LogP contribution in [-0.2, 0) is 14.8 Å². The van der Waals surface area contributed by atoms with Crippen LogP contribution in [0.5, 0.6) is 0 Å². The van der Waals surface area contributed by atoms with Crippen LogP contribution >= 0.6 is 0 Å². The first kappa shape index (κ1) is 15.9. The van der Waals surface area contributed by atoms with E-state index < -0.39 is 16.1 Å². The number of nitrogens with zero attached hydrogens (tertiary/aromatic N) is 1. The number of nitrogens with one attached hydrogen (secondary N) is 1. The molecule has 1 amide bonds. The Morgan fingerprint density at radius 3 is 2.67 bits per heavy atom. The minimum atomic E-state index is -3.66. The van der Waals surface area contributed by atoms with Crippen LogP contribution in [0.25, 0.3) is 0 Å². The highest BCUT2D eigenvalue weighted by molar-refractivity contribution is 7.89. The monoisotopic (exact) mass is 312 g/mol. The van der Waals surface area contributed by atoms with Crippen molar-refractivity contribution in [2.24, 2.45) is 5.92 Å². The molecule has 21 heavy (non-hydrogen) atoms. The van der Waals surface area contributed by atoms with Gasteiger partial charge in [-0.2, -0.15) is 0 Å². The number of likely N-dealkylation sites (tertiary alicyclic amines) is 1. The van der Waals surface area contributed by atoms with Gasteiger partial charge in [0, 0.05) is 19.0 Å². The Bertz CT molecular complexity index is 586. The highest BCUT2D eigenvalue weighted by Gasteiger charge is 2.29. The maximum atomic E-state index is 12.0. The molecule has 1 saturated heterocycles. The lowest BCUT2D eigenvalue weighted by molar-refractivity contribution is -0.129. The molecule has 116 valence electrons. The first-order chi connectivity index (χ1) is 9.90. The zero-order chi connectivity index (χ0) is 15.5. The molecule has 2 N–H and O–H groups in total. The second-order valence-corrected chi connectivity index (χ2v) is 7.03. The molecule has 2 atom stereocenters. The van der Waals surface area contributed by atoms with Gasteiger partial charge in [0.25, 0.3) is 0 Å². The normalized spacial score (nSPS) is 20.5. The molecule has 1 aromatic carbocycles. The van der Waals surface area contributed by atoms with Crippen LogP contribution in [0.15, 0.2) is 35.2 Å². The lowest BCUT2D eigenvalue weighted by Gasteiger charge is -2.18. The van der Waals surface area contributed by atoms with Crippen LogP contribution in [0.1, 0.15) is 13.3 Å². The molecule has 6 nitrogen and oxygen atoms in total. The molecular weight excluding hydrogens is 292 g/mol. The Hall–Kier alpha value is -1.44. The molecule has 0 aliphatic carbocycles. The molecule has 2 rings (SSSR count). The van der Waals surface area contributed by atoms with E-state index in [1.54, 1.807) is 30.0 Å². The van der Waals surface area contributed by atoms with Gasteiger partial charge in [-0.25, -0.2) is 13.1 Å². The Labute approximate surface area is 124 Å². The summed E-state index contributed by atoms with van der Waals surface area (Å²) in [5.41, 5.74) is 0. The maximum absolute atomic E-state index is 12.0. The molecule has 0 spiro atoms. The molecule has 0 saturated carbocycles. The SMILES string of the molecule is CC(O)C1CCN(C(=O)CNS(=O)(=O)c2ccccc2)C1. The number of aliphatic hydroxyl groups is 1. The number of hydrogen-bond donors (Lipinski definition) is 2. The zero-order valence-corrected chi connectivity index (χ0v) is 12.7. The molecule has 0 aromatic heterocycles. The van der Waals surface area contributed by atoms with E-state index in [2.05, 4.69) is 4.72 Å². The molecule has 1 aliphatic rings. The first-order valence-corrected chi connectivity index (χ1v) is 8.39. The zero-order valence-electron chi connectivity index (χ0n) is 11.9. The molecule has 1 heterocycles. The van der Waals surface area contributed by atoms with Gasteiger partial charge >= 0.3 is 0 Å². The van der Waals surface area contributed by atoms with Crippen molar-refractivity contribution in [1.82, 2.24) is 9.62 Å². The van der Waals surface area contributed by atoms with Crippen LogP contribution in [0.3, 0.4) is 0 Å². The molecule has 0 bridgehead atoms. The standard InChI is InChI=1S/C14H20N2O4S/c1-11(17)12-7-8-16(10-12)14(18)9-15-21(19,20)13-5-3-2-4-6-13/h2-6,11-12,15,17H,7-10H2,1H3. The van der Waals surface area contributed by atoms with Crippen molar-refractivity contribution in [3.63, 3.8) is 0 Å². The van der Waals surface area contributed by atoms with E-state index in [9.17, 15) is 18.3 Å². The smallest absolute Gasteiger partial charge is 0.241 e. The molecule has 1 aromatic rings. The van der Waals surface area contributed by atoms with Crippen LogP contribution < -0.4 is 4.72 Å². The summed E-state index contributed by atoms with van der Waals surface area (Å²) in [5.74, 6) is -0.197. The lowest BCUT2D eigenvalue weighted by atomic mass is 10.0. The van der Waals surface area contributed by atoms with Gasteiger partial charge in [-0.1, -0.05) is 18.2 Å². The predicted octanol–water partition coefficient (Wildman–Crippen LogP) is 0.194. The van der Waals surface area contributed by atoms with Gasteiger partial charge in [0.2, 0.25) is 15.9 Å². The minimum absolute atomic E-state index is 0.0691. The molecule has 2 unspecified atom stereocenters. The fraction of sp³-hybridized carbons (Fsp3) is 0.500. The van der Waals surface area contributed by atoms with E-state index in [0.29, 0.717) is 13.1 Å². The van der Waals surface area contributed by atoms with Crippen LogP contribution in [-0.4, -0.2) is 50.1 Å². The van der Waals surface area contributed by atoms with Crippen molar-refractivity contribution < 1.29 is 18.3 Å². The largest absolute Gasteiger partial charge is 0.393 e. The van der Waals surface area contributed by atoms with E-state index in [4.69, 9.17) is 0 Å². The fourth-order valence-electron chi connectivity index (χ4n) is 2.36. The third-order valence-corrected chi connectivity index (χ3v) is 5.14. The number of sulfonamides is 1. The molecule has 0 radical (unpaired) electrons. The maximum Gasteiger partial charge on any atom is 0.241 e. The Kier molecular flexibility index (Phi) is 4.97. The van der Waals surface area contributed by atoms with Crippen molar-refractivity contribution in [3.8, 4) is 0 Å². The molecule has 1 aliphatic heterocycles. The van der Waals surface area contributed by atoms with Gasteiger partial charge in [-0.15, -0.1) is 0 Å². The van der Waals surface area contributed by atoms with Gasteiger partial charge in [0.1, 0.15) is 0 Å². The van der Waals surface area contributed by atoms with E-state index >= 15 is 0 Å². The number of benzene rings is 1. The van der Waals surface area contributed by atoms with E-state index in [0.717, 1.165) is 6.42 Å². The van der Waals surface area contributed by atoms with Crippen LogP contribution in [0.2, 0.25) is 0 Å². The number of hydrogen-bond acceptors (Lipinski definition) is 4. The summed E-state index contributed by atoms with van der Waals surface area (Å²) in [5, 5.41) is 9.51. The average Bonchev–Trinajstić information content (AvgIpc) is 2.96. The number of carbonyl (C=O) groups excluding carboxylic acids is 1. The van der Waals surface area contributed by atoms with E-state index in [1.807, 2.05) is 0 Å². The summed E-state index contributed by atoms with van der Waals surface area (Å²) < 4.78 is 26.3. The van der Waals surface area contributed by atoms with Crippen LogP contribution in [0, 0.1) is 5.92 Å². The van der Waals surface area contributed by atoms with E-state index in [1.165, 1.54) is 12.1 Å². The fourth-order valence-corrected chi connectivity index (χ4v) is 3.35. The third-order valence-electron chi connectivity index (χ3n) is 3.73. The first-order valence-electron chi connectivity index (χ1n) is 6.90. The molecular formula is C14H20N2O4S. The average molecular weight is 312 g/mol. The topological polar surface area (TPSA) is 86.7 Å². The number of rotatable bonds is 5. The minimum Gasteiger partial charge on any atom is -0.393 e. The van der Waals surface area contributed by atoms with Gasteiger partial charge in [-0.3, -0.25) is 4.79 Å². The third kappa shape index (κ3) is 4.03. The molecule has 1 fully saturated rings. The van der Waals surface area contributed by atoms with Crippen molar-refractivity contribution in [2.75, 3.05) is 19.6 Å². The lowest BCUT2D eigenvalue weighted by Crippen LogP contribution is -2.39. The summed E-state index contributed by atoms with van der Waals surface area (Å²) in [4.78, 5) is 13.7. The Morgan fingerprint density at radius 1 is 1.43 bits per heavy atom. The van der Waals surface area contributed by atoms with Crippen molar-refractivity contribution in [2.45, 2.75) is 24.3 Å².